The van der Waals surface area contributed by atoms with Gasteiger partial charge >= 0.3 is 0 Å². The Labute approximate surface area is 138 Å². The minimum atomic E-state index is -2.50. The Morgan fingerprint density at radius 3 is 2.60 bits per heavy atom. The Hall–Kier alpha value is 0.0500. The van der Waals surface area contributed by atoms with Crippen LogP contribution in [0, 0.1) is 11.3 Å². The number of benzene rings is 1. The summed E-state index contributed by atoms with van der Waals surface area (Å²) in [5, 5.41) is 9.48. The molecule has 0 fully saturated rings. The lowest BCUT2D eigenvalue weighted by Gasteiger charge is -2.22. The molecule has 0 radical (unpaired) electrons. The smallest absolute Gasteiger partial charge is 0.297 e. The molecule has 0 aliphatic rings. The summed E-state index contributed by atoms with van der Waals surface area (Å²) >= 11 is 19.0. The summed E-state index contributed by atoms with van der Waals surface area (Å²) in [5.41, 5.74) is -2.20. The molecule has 0 amide bonds. The number of rotatable bonds is 7. The largest absolute Gasteiger partial charge is 0.435 e. The molecule has 3 nitrogen and oxygen atoms in total. The fourth-order valence-corrected chi connectivity index (χ4v) is 6.39. The molecule has 0 spiro atoms. The van der Waals surface area contributed by atoms with Crippen LogP contribution >= 0.6 is 40.3 Å². The van der Waals surface area contributed by atoms with Gasteiger partial charge in [-0.2, -0.15) is 5.26 Å². The molecule has 1 atom stereocenters. The normalized spacial score (nSPS) is 13.6. The van der Waals surface area contributed by atoms with Crippen molar-refractivity contribution in [3.8, 4) is 11.8 Å². The van der Waals surface area contributed by atoms with E-state index in [0.29, 0.717) is 22.9 Å². The summed E-state index contributed by atoms with van der Waals surface area (Å²) in [6.45, 7) is 4.39. The number of hydrogen-bond acceptors (Lipinski definition) is 5. The fourth-order valence-electron chi connectivity index (χ4n) is 1.26. The third-order valence-corrected chi connectivity index (χ3v) is 8.13. The van der Waals surface area contributed by atoms with Gasteiger partial charge in [0.1, 0.15) is 11.8 Å². The standard InChI is InChI=1S/C12H14Cl2NO2PS2/c1-3-5-20-18(19,16-4-2)17-12-7-10(13)9(8-15)6-11(12)14/h6-7H,3-5H2,1-2H3. The molecule has 0 aliphatic carbocycles. The second-order valence-corrected chi connectivity index (χ2v) is 10.8. The summed E-state index contributed by atoms with van der Waals surface area (Å²) in [6, 6.07) is 4.94. The molecule has 0 bridgehead atoms. The van der Waals surface area contributed by atoms with Crippen molar-refractivity contribution in [1.82, 2.24) is 0 Å². The van der Waals surface area contributed by atoms with Crippen LogP contribution in [-0.2, 0) is 16.3 Å². The van der Waals surface area contributed by atoms with Gasteiger partial charge in [0.2, 0.25) is 0 Å². The van der Waals surface area contributed by atoms with Gasteiger partial charge in [-0.05, 0) is 31.2 Å². The zero-order chi connectivity index (χ0) is 15.2. The number of nitrogens with zero attached hydrogens (tertiary/aromatic N) is 1. The van der Waals surface area contributed by atoms with E-state index >= 15 is 0 Å². The van der Waals surface area contributed by atoms with Crippen molar-refractivity contribution < 1.29 is 9.05 Å². The molecule has 0 saturated heterocycles. The Balaban J connectivity index is 3.03. The molecular weight excluding hydrogens is 356 g/mol. The second kappa shape index (κ2) is 8.48. The monoisotopic (exact) mass is 369 g/mol. The molecule has 20 heavy (non-hydrogen) atoms. The summed E-state index contributed by atoms with van der Waals surface area (Å²) < 4.78 is 11.4. The van der Waals surface area contributed by atoms with Crippen molar-refractivity contribution in [2.75, 3.05) is 12.4 Å². The van der Waals surface area contributed by atoms with Gasteiger partial charge in [0.15, 0.2) is 0 Å². The molecule has 110 valence electrons. The molecule has 1 aromatic rings. The van der Waals surface area contributed by atoms with E-state index in [1.807, 2.05) is 13.0 Å². The van der Waals surface area contributed by atoms with E-state index < -0.39 is 5.69 Å². The van der Waals surface area contributed by atoms with Gasteiger partial charge in [0.25, 0.3) is 5.69 Å². The van der Waals surface area contributed by atoms with Crippen molar-refractivity contribution >= 4 is 52.1 Å². The van der Waals surface area contributed by atoms with Gasteiger partial charge in [0, 0.05) is 11.8 Å². The van der Waals surface area contributed by atoms with Crippen molar-refractivity contribution in [1.29, 1.82) is 5.26 Å². The van der Waals surface area contributed by atoms with Crippen LogP contribution in [0.4, 0.5) is 0 Å². The highest BCUT2D eigenvalue weighted by Crippen LogP contribution is 2.61. The Morgan fingerprint density at radius 2 is 2.05 bits per heavy atom. The first kappa shape index (κ1) is 18.1. The molecule has 0 aliphatic heterocycles. The number of hydrogen-bond donors (Lipinski definition) is 0. The first-order valence-corrected chi connectivity index (χ1v) is 10.9. The first-order chi connectivity index (χ1) is 9.45. The molecule has 0 saturated carbocycles. The van der Waals surface area contributed by atoms with Gasteiger partial charge in [-0.1, -0.05) is 41.5 Å². The van der Waals surface area contributed by atoms with Gasteiger partial charge in [0.05, 0.1) is 22.2 Å². The molecule has 1 unspecified atom stereocenters. The summed E-state index contributed by atoms with van der Waals surface area (Å²) in [5.74, 6) is 1.20. The van der Waals surface area contributed by atoms with E-state index in [9.17, 15) is 0 Å². The highest BCUT2D eigenvalue weighted by Gasteiger charge is 2.23. The van der Waals surface area contributed by atoms with Gasteiger partial charge in [-0.3, -0.25) is 0 Å². The van der Waals surface area contributed by atoms with E-state index in [-0.39, 0.29) is 5.02 Å². The average molecular weight is 370 g/mol. The third-order valence-electron chi connectivity index (χ3n) is 2.09. The SMILES string of the molecule is CCCSP(=S)(OCC)Oc1cc(Cl)c(C#N)cc1Cl. The number of halogens is 2. The zero-order valence-corrected chi connectivity index (χ0v) is 15.1. The van der Waals surface area contributed by atoms with Crippen molar-refractivity contribution in [2.24, 2.45) is 0 Å². The van der Waals surface area contributed by atoms with Gasteiger partial charge < -0.3 is 9.05 Å². The highest BCUT2D eigenvalue weighted by atomic mass is 35.5. The Kier molecular flexibility index (Phi) is 7.68. The van der Waals surface area contributed by atoms with Crippen molar-refractivity contribution in [2.45, 2.75) is 20.3 Å². The minimum Gasteiger partial charge on any atom is -0.435 e. The fraction of sp³-hybridized carbons (Fsp3) is 0.417. The van der Waals surface area contributed by atoms with E-state index in [1.54, 1.807) is 0 Å². The third kappa shape index (κ3) is 5.11. The Bertz CT molecular complexity index is 563. The molecule has 0 heterocycles. The van der Waals surface area contributed by atoms with Crippen LogP contribution in [0.5, 0.6) is 5.75 Å². The lowest BCUT2D eigenvalue weighted by atomic mass is 10.2. The van der Waals surface area contributed by atoms with Gasteiger partial charge in [-0.15, -0.1) is 0 Å². The molecule has 1 aromatic carbocycles. The lowest BCUT2D eigenvalue weighted by Crippen LogP contribution is -1.97. The van der Waals surface area contributed by atoms with E-state index in [2.05, 4.69) is 6.92 Å². The maximum atomic E-state index is 8.89. The summed E-state index contributed by atoms with van der Waals surface area (Å²) in [4.78, 5) is 0. The predicted molar refractivity (Wildman–Crippen MR) is 90.5 cm³/mol. The van der Waals surface area contributed by atoms with E-state index in [1.165, 1.54) is 23.5 Å². The minimum absolute atomic E-state index is 0.283. The van der Waals surface area contributed by atoms with E-state index in [4.69, 9.17) is 49.3 Å². The average Bonchev–Trinajstić information content (AvgIpc) is 2.40. The highest BCUT2D eigenvalue weighted by molar-refractivity contribution is 8.68. The topological polar surface area (TPSA) is 42.2 Å². The summed E-state index contributed by atoms with van der Waals surface area (Å²) in [6.07, 6.45) is 0.974. The first-order valence-electron chi connectivity index (χ1n) is 5.93. The second-order valence-electron chi connectivity index (χ2n) is 3.66. The molecule has 1 rings (SSSR count). The number of nitriles is 1. The lowest BCUT2D eigenvalue weighted by molar-refractivity contribution is 0.344. The van der Waals surface area contributed by atoms with Crippen LogP contribution < -0.4 is 4.52 Å². The van der Waals surface area contributed by atoms with Crippen LogP contribution in [0.3, 0.4) is 0 Å². The van der Waals surface area contributed by atoms with Crippen LogP contribution in [0.2, 0.25) is 10.0 Å². The van der Waals surface area contributed by atoms with Crippen LogP contribution in [0.25, 0.3) is 0 Å². The van der Waals surface area contributed by atoms with Crippen LogP contribution in [-0.4, -0.2) is 12.4 Å². The predicted octanol–water partition coefficient (Wildman–Crippen LogP) is 5.65. The molecular formula is C12H14Cl2NO2PS2. The maximum absolute atomic E-state index is 8.89. The van der Waals surface area contributed by atoms with Crippen molar-refractivity contribution in [3.05, 3.63) is 27.7 Å². The zero-order valence-electron chi connectivity index (χ0n) is 11.1. The summed E-state index contributed by atoms with van der Waals surface area (Å²) in [7, 11) is 0. The van der Waals surface area contributed by atoms with Crippen molar-refractivity contribution in [3.63, 3.8) is 0 Å². The molecule has 0 aromatic heterocycles. The van der Waals surface area contributed by atoms with E-state index in [0.717, 1.165) is 12.2 Å². The molecule has 0 N–H and O–H groups in total. The van der Waals surface area contributed by atoms with Gasteiger partial charge in [-0.25, -0.2) is 0 Å². The van der Waals surface area contributed by atoms with Crippen LogP contribution in [0.1, 0.15) is 25.8 Å². The quantitative estimate of drug-likeness (QED) is 0.581. The molecule has 8 heteroatoms. The van der Waals surface area contributed by atoms with Crippen LogP contribution in [0.15, 0.2) is 12.1 Å². The maximum Gasteiger partial charge on any atom is 0.297 e. The Morgan fingerprint density at radius 1 is 1.35 bits per heavy atom.